The van der Waals surface area contributed by atoms with E-state index in [2.05, 4.69) is 16.7 Å². The van der Waals surface area contributed by atoms with E-state index in [1.165, 1.54) is 0 Å². The summed E-state index contributed by atoms with van der Waals surface area (Å²) in [5.41, 5.74) is 0. The smallest absolute Gasteiger partial charge is 0.154 e. The van der Waals surface area contributed by atoms with E-state index in [0.29, 0.717) is 12.5 Å². The van der Waals surface area contributed by atoms with Crippen LogP contribution in [0.3, 0.4) is 0 Å². The Labute approximate surface area is 101 Å². The third kappa shape index (κ3) is 1.99. The van der Waals surface area contributed by atoms with Crippen molar-refractivity contribution < 1.29 is 9.53 Å². The SMILES string of the molecule is C[C@H]1CCN(CC=O)[C@@]1(Cl)N1CCOCC1. The maximum Gasteiger partial charge on any atom is 0.154 e. The molecule has 0 aromatic rings. The number of aldehydes is 1. The number of ether oxygens (including phenoxy) is 1. The molecule has 2 fully saturated rings. The normalized spacial score (nSPS) is 37.8. The minimum absolute atomic E-state index is 0.382. The van der Waals surface area contributed by atoms with Crippen molar-refractivity contribution in [3.63, 3.8) is 0 Å². The van der Waals surface area contributed by atoms with Gasteiger partial charge in [0.2, 0.25) is 0 Å². The van der Waals surface area contributed by atoms with Crippen LogP contribution in [0.25, 0.3) is 0 Å². The number of alkyl halides is 1. The van der Waals surface area contributed by atoms with Crippen LogP contribution in [0.1, 0.15) is 13.3 Å². The summed E-state index contributed by atoms with van der Waals surface area (Å²) in [6, 6.07) is 0. The first kappa shape index (κ1) is 12.3. The van der Waals surface area contributed by atoms with E-state index in [1.807, 2.05) is 0 Å². The van der Waals surface area contributed by atoms with E-state index in [4.69, 9.17) is 16.3 Å². The highest BCUT2D eigenvalue weighted by molar-refractivity contribution is 6.23. The van der Waals surface area contributed by atoms with Crippen LogP contribution in [-0.2, 0) is 9.53 Å². The van der Waals surface area contributed by atoms with Crippen LogP contribution in [0, 0.1) is 5.92 Å². The monoisotopic (exact) mass is 246 g/mol. The van der Waals surface area contributed by atoms with Crippen LogP contribution in [-0.4, -0.2) is 60.6 Å². The van der Waals surface area contributed by atoms with Crippen LogP contribution < -0.4 is 0 Å². The van der Waals surface area contributed by atoms with Crippen LogP contribution >= 0.6 is 11.6 Å². The number of likely N-dealkylation sites (tertiary alicyclic amines) is 1. The van der Waals surface area contributed by atoms with Gasteiger partial charge in [-0.1, -0.05) is 18.5 Å². The Morgan fingerprint density at radius 2 is 2.12 bits per heavy atom. The topological polar surface area (TPSA) is 32.8 Å². The van der Waals surface area contributed by atoms with Crippen molar-refractivity contribution in [1.29, 1.82) is 0 Å². The van der Waals surface area contributed by atoms with Gasteiger partial charge in [0.05, 0.1) is 19.8 Å². The first-order valence-electron chi connectivity index (χ1n) is 5.90. The van der Waals surface area contributed by atoms with Gasteiger partial charge >= 0.3 is 0 Å². The van der Waals surface area contributed by atoms with Gasteiger partial charge in [-0.15, -0.1) is 0 Å². The molecule has 0 spiro atoms. The minimum Gasteiger partial charge on any atom is -0.379 e. The summed E-state index contributed by atoms with van der Waals surface area (Å²) in [5.74, 6) is 0.382. The second kappa shape index (κ2) is 5.00. The average molecular weight is 247 g/mol. The van der Waals surface area contributed by atoms with Crippen LogP contribution in [0.2, 0.25) is 0 Å². The Morgan fingerprint density at radius 3 is 2.75 bits per heavy atom. The molecule has 2 heterocycles. The summed E-state index contributed by atoms with van der Waals surface area (Å²) in [7, 11) is 0. The Kier molecular flexibility index (Phi) is 3.85. The number of rotatable bonds is 3. The summed E-state index contributed by atoms with van der Waals surface area (Å²) in [4.78, 5) is 15.0. The van der Waals surface area contributed by atoms with Crippen molar-refractivity contribution in [2.45, 2.75) is 18.5 Å². The zero-order valence-corrected chi connectivity index (χ0v) is 10.4. The molecule has 2 rings (SSSR count). The van der Waals surface area contributed by atoms with Gasteiger partial charge < -0.3 is 9.53 Å². The van der Waals surface area contributed by atoms with Crippen molar-refractivity contribution in [2.24, 2.45) is 5.92 Å². The van der Waals surface area contributed by atoms with Crippen molar-refractivity contribution >= 4 is 17.9 Å². The van der Waals surface area contributed by atoms with Gasteiger partial charge in [-0.25, -0.2) is 0 Å². The highest BCUT2D eigenvalue weighted by Gasteiger charge is 2.49. The van der Waals surface area contributed by atoms with Gasteiger partial charge in [-0.3, -0.25) is 9.80 Å². The third-order valence-corrected chi connectivity index (χ3v) is 4.50. The number of carbonyl (C=O) groups is 1. The van der Waals surface area contributed by atoms with E-state index in [1.54, 1.807) is 0 Å². The lowest BCUT2D eigenvalue weighted by Crippen LogP contribution is -2.59. The van der Waals surface area contributed by atoms with Crippen LogP contribution in [0.15, 0.2) is 0 Å². The summed E-state index contributed by atoms with van der Waals surface area (Å²) in [6.07, 6.45) is 1.99. The fraction of sp³-hybridized carbons (Fsp3) is 0.909. The van der Waals surface area contributed by atoms with Crippen molar-refractivity contribution in [2.75, 3.05) is 39.4 Å². The van der Waals surface area contributed by atoms with E-state index >= 15 is 0 Å². The number of halogens is 1. The van der Waals surface area contributed by atoms with Gasteiger partial charge in [0, 0.05) is 25.6 Å². The Hall–Kier alpha value is -0.160. The summed E-state index contributed by atoms with van der Waals surface area (Å²) in [6.45, 7) is 6.65. The number of hydrogen-bond donors (Lipinski definition) is 0. The predicted octanol–water partition coefficient (Wildman–Crippen LogP) is 0.752. The van der Waals surface area contributed by atoms with Gasteiger partial charge in [-0.2, -0.15) is 0 Å². The fourth-order valence-electron chi connectivity index (χ4n) is 2.70. The molecule has 0 aromatic heterocycles. The standard InChI is InChI=1S/C11H19ClN2O2/c1-10-2-3-13(4-7-15)11(10,12)14-5-8-16-9-6-14/h7,10H,2-6,8-9H2,1H3/t10-,11+/m0/s1. The molecular formula is C11H19ClN2O2. The van der Waals surface area contributed by atoms with Crippen LogP contribution in [0.5, 0.6) is 0 Å². The van der Waals surface area contributed by atoms with Crippen molar-refractivity contribution in [1.82, 2.24) is 9.80 Å². The molecule has 2 aliphatic heterocycles. The molecule has 0 aromatic carbocycles. The van der Waals surface area contributed by atoms with Gasteiger partial charge in [0.25, 0.3) is 0 Å². The van der Waals surface area contributed by atoms with Gasteiger partial charge in [0.1, 0.15) is 6.29 Å². The Morgan fingerprint density at radius 1 is 1.44 bits per heavy atom. The first-order valence-corrected chi connectivity index (χ1v) is 6.27. The lowest BCUT2D eigenvalue weighted by atomic mass is 10.1. The minimum atomic E-state index is -0.481. The van der Waals surface area contributed by atoms with Crippen molar-refractivity contribution in [3.8, 4) is 0 Å². The van der Waals surface area contributed by atoms with E-state index in [-0.39, 0.29) is 0 Å². The Bertz CT molecular complexity index is 258. The molecule has 0 N–H and O–H groups in total. The maximum atomic E-state index is 10.7. The van der Waals surface area contributed by atoms with E-state index in [0.717, 1.165) is 45.6 Å². The number of carbonyl (C=O) groups excluding carboxylic acids is 1. The third-order valence-electron chi connectivity index (χ3n) is 3.65. The molecule has 4 nitrogen and oxygen atoms in total. The highest BCUT2D eigenvalue weighted by Crippen LogP contribution is 2.41. The number of hydrogen-bond acceptors (Lipinski definition) is 4. The number of morpholine rings is 1. The quantitative estimate of drug-likeness (QED) is 0.418. The first-order chi connectivity index (χ1) is 7.69. The summed E-state index contributed by atoms with van der Waals surface area (Å²) in [5, 5.41) is -0.481. The highest BCUT2D eigenvalue weighted by atomic mass is 35.5. The molecule has 5 heteroatoms. The fourth-order valence-corrected chi connectivity index (χ4v) is 3.13. The summed E-state index contributed by atoms with van der Waals surface area (Å²) < 4.78 is 5.35. The largest absolute Gasteiger partial charge is 0.379 e. The second-order valence-corrected chi connectivity index (χ2v) is 5.09. The Balaban J connectivity index is 2.13. The molecule has 0 aliphatic carbocycles. The zero-order chi connectivity index (χ0) is 11.6. The lowest BCUT2D eigenvalue weighted by Gasteiger charge is -2.45. The molecule has 0 bridgehead atoms. The zero-order valence-electron chi connectivity index (χ0n) is 9.69. The number of nitrogens with zero attached hydrogens (tertiary/aromatic N) is 2. The molecule has 2 saturated heterocycles. The van der Waals surface area contributed by atoms with E-state index in [9.17, 15) is 4.79 Å². The molecule has 0 saturated carbocycles. The maximum absolute atomic E-state index is 10.7. The second-order valence-electron chi connectivity index (χ2n) is 4.54. The molecule has 16 heavy (non-hydrogen) atoms. The average Bonchev–Trinajstić information content (AvgIpc) is 2.60. The van der Waals surface area contributed by atoms with Gasteiger partial charge in [-0.05, 0) is 6.42 Å². The molecule has 0 unspecified atom stereocenters. The molecule has 92 valence electrons. The van der Waals surface area contributed by atoms with Crippen LogP contribution in [0.4, 0.5) is 0 Å². The molecule has 0 amide bonds. The van der Waals surface area contributed by atoms with E-state index < -0.39 is 5.12 Å². The van der Waals surface area contributed by atoms with Crippen molar-refractivity contribution in [3.05, 3.63) is 0 Å². The molecule has 2 aliphatic rings. The molecular weight excluding hydrogens is 228 g/mol. The lowest BCUT2D eigenvalue weighted by molar-refractivity contribution is -0.112. The molecule has 2 atom stereocenters. The van der Waals surface area contributed by atoms with Gasteiger partial charge in [0.15, 0.2) is 5.12 Å². The summed E-state index contributed by atoms with van der Waals surface area (Å²) >= 11 is 6.78. The predicted molar refractivity (Wildman–Crippen MR) is 62.4 cm³/mol. The molecule has 0 radical (unpaired) electrons.